The number of ether oxygens (including phenoxy) is 4. The maximum absolute atomic E-state index is 9.18. The fourth-order valence-corrected chi connectivity index (χ4v) is 3.07. The van der Waals surface area contributed by atoms with E-state index in [9.17, 15) is 10.2 Å². The summed E-state index contributed by atoms with van der Waals surface area (Å²) in [4.78, 5) is 0. The van der Waals surface area contributed by atoms with Crippen molar-refractivity contribution >= 4 is 0 Å². The Kier molecular flexibility index (Phi) is 7.83. The Labute approximate surface area is 166 Å². The zero-order valence-electron chi connectivity index (χ0n) is 17.4. The van der Waals surface area contributed by atoms with Crippen LogP contribution in [-0.4, -0.2) is 36.4 Å². The lowest BCUT2D eigenvalue weighted by molar-refractivity contribution is -0.132. The van der Waals surface area contributed by atoms with Gasteiger partial charge in [-0.15, -0.1) is 0 Å². The molecule has 0 saturated carbocycles. The van der Waals surface area contributed by atoms with Crippen LogP contribution in [0.3, 0.4) is 0 Å². The highest BCUT2D eigenvalue weighted by Gasteiger charge is 2.12. The molecule has 2 aromatic rings. The quantitative estimate of drug-likeness (QED) is 0.631. The minimum absolute atomic E-state index is 0.00251. The molecule has 6 heteroatoms. The van der Waals surface area contributed by atoms with Gasteiger partial charge in [-0.3, -0.25) is 0 Å². The Morgan fingerprint density at radius 3 is 1.18 bits per heavy atom. The number of aliphatic hydroxyl groups excluding tert-OH is 2. The van der Waals surface area contributed by atoms with Gasteiger partial charge in [-0.05, 0) is 99.2 Å². The molecule has 0 fully saturated rings. The lowest BCUT2D eigenvalue weighted by Gasteiger charge is -2.17. The minimum Gasteiger partial charge on any atom is -0.467 e. The number of benzene rings is 2. The van der Waals surface area contributed by atoms with Gasteiger partial charge in [-0.1, -0.05) is 0 Å². The van der Waals surface area contributed by atoms with Crippen molar-refractivity contribution in [2.45, 2.75) is 54.1 Å². The average Bonchev–Trinajstić information content (AvgIpc) is 2.58. The Morgan fingerprint density at radius 1 is 0.643 bits per heavy atom. The lowest BCUT2D eigenvalue weighted by Crippen LogP contribution is -2.12. The first kappa shape index (κ1) is 22.2. The molecule has 6 nitrogen and oxygen atoms in total. The Hall–Kier alpha value is -2.12. The predicted octanol–water partition coefficient (Wildman–Crippen LogP) is 3.97. The van der Waals surface area contributed by atoms with E-state index >= 15 is 0 Å². The molecule has 2 aromatic carbocycles. The first-order valence-corrected chi connectivity index (χ1v) is 9.26. The predicted molar refractivity (Wildman–Crippen MR) is 107 cm³/mol. The standard InChI is InChI=1S/C22H30O6/c1-13-7-19(8-14(2)21(13)27-11-25-17(5)23)20-9-15(3)22(16(4)10-20)28-12-26-18(6)24/h7-10,17-18,23-24H,11-12H2,1-6H3. The van der Waals surface area contributed by atoms with Crippen LogP contribution in [-0.2, 0) is 9.47 Å². The largest absolute Gasteiger partial charge is 0.467 e. The number of aliphatic hydroxyl groups is 2. The van der Waals surface area contributed by atoms with Crippen LogP contribution in [0.5, 0.6) is 11.5 Å². The molecule has 0 radical (unpaired) electrons. The van der Waals surface area contributed by atoms with Gasteiger partial charge in [-0.2, -0.15) is 0 Å². The molecule has 0 spiro atoms. The molecular formula is C22H30O6. The van der Waals surface area contributed by atoms with Gasteiger partial charge in [0.1, 0.15) is 11.5 Å². The lowest BCUT2D eigenvalue weighted by atomic mass is 9.96. The van der Waals surface area contributed by atoms with Gasteiger partial charge >= 0.3 is 0 Å². The third-order valence-electron chi connectivity index (χ3n) is 4.28. The average molecular weight is 390 g/mol. The molecule has 28 heavy (non-hydrogen) atoms. The number of aryl methyl sites for hydroxylation is 4. The van der Waals surface area contributed by atoms with Crippen molar-refractivity contribution in [3.63, 3.8) is 0 Å². The second-order valence-electron chi connectivity index (χ2n) is 6.93. The molecule has 2 unspecified atom stereocenters. The van der Waals surface area contributed by atoms with E-state index in [0.29, 0.717) is 0 Å². The molecule has 2 atom stereocenters. The zero-order chi connectivity index (χ0) is 20.8. The van der Waals surface area contributed by atoms with Crippen LogP contribution in [0.25, 0.3) is 11.1 Å². The summed E-state index contributed by atoms with van der Waals surface area (Å²) >= 11 is 0. The van der Waals surface area contributed by atoms with Gasteiger partial charge in [-0.25, -0.2) is 0 Å². The van der Waals surface area contributed by atoms with Gasteiger partial charge in [0, 0.05) is 0 Å². The van der Waals surface area contributed by atoms with Crippen LogP contribution in [0.15, 0.2) is 24.3 Å². The van der Waals surface area contributed by atoms with Crippen LogP contribution in [0.4, 0.5) is 0 Å². The van der Waals surface area contributed by atoms with E-state index in [4.69, 9.17) is 18.9 Å². The summed E-state index contributed by atoms with van der Waals surface area (Å²) < 4.78 is 21.4. The summed E-state index contributed by atoms with van der Waals surface area (Å²) in [6, 6.07) is 8.26. The smallest absolute Gasteiger partial charge is 0.191 e. The van der Waals surface area contributed by atoms with Gasteiger partial charge in [0.25, 0.3) is 0 Å². The van der Waals surface area contributed by atoms with E-state index < -0.39 is 12.6 Å². The molecule has 0 amide bonds. The molecule has 0 aliphatic rings. The molecular weight excluding hydrogens is 360 g/mol. The maximum atomic E-state index is 9.18. The summed E-state index contributed by atoms with van der Waals surface area (Å²) in [5.74, 6) is 1.51. The molecule has 0 aliphatic heterocycles. The number of hydrogen-bond donors (Lipinski definition) is 2. The van der Waals surface area contributed by atoms with Crippen molar-refractivity contribution in [2.75, 3.05) is 13.6 Å². The third kappa shape index (κ3) is 5.94. The van der Waals surface area contributed by atoms with Crippen molar-refractivity contribution in [2.24, 2.45) is 0 Å². The topological polar surface area (TPSA) is 77.4 Å². The van der Waals surface area contributed by atoms with Crippen molar-refractivity contribution in [1.29, 1.82) is 0 Å². The van der Waals surface area contributed by atoms with E-state index in [0.717, 1.165) is 44.9 Å². The zero-order valence-corrected chi connectivity index (χ0v) is 17.4. The van der Waals surface area contributed by atoms with E-state index in [1.54, 1.807) is 13.8 Å². The monoisotopic (exact) mass is 390 g/mol. The van der Waals surface area contributed by atoms with E-state index in [1.807, 2.05) is 27.7 Å². The second kappa shape index (κ2) is 9.89. The fourth-order valence-electron chi connectivity index (χ4n) is 3.07. The molecule has 2 rings (SSSR count). The van der Waals surface area contributed by atoms with Crippen molar-refractivity contribution < 1.29 is 29.2 Å². The Balaban J connectivity index is 2.23. The van der Waals surface area contributed by atoms with E-state index in [-0.39, 0.29) is 13.6 Å². The molecule has 0 heterocycles. The van der Waals surface area contributed by atoms with Crippen LogP contribution in [0.1, 0.15) is 36.1 Å². The van der Waals surface area contributed by atoms with Gasteiger partial charge in [0.15, 0.2) is 26.2 Å². The van der Waals surface area contributed by atoms with Crippen molar-refractivity contribution in [1.82, 2.24) is 0 Å². The maximum Gasteiger partial charge on any atom is 0.191 e. The highest BCUT2D eigenvalue weighted by atomic mass is 16.7. The SMILES string of the molecule is Cc1cc(-c2cc(C)c(OCOC(C)O)c(C)c2)cc(C)c1OCOC(C)O. The van der Waals surface area contributed by atoms with Crippen LogP contribution < -0.4 is 9.47 Å². The normalized spacial score (nSPS) is 13.3. The Morgan fingerprint density at radius 2 is 0.929 bits per heavy atom. The van der Waals surface area contributed by atoms with Crippen LogP contribution >= 0.6 is 0 Å². The summed E-state index contributed by atoms with van der Waals surface area (Å²) in [6.07, 6.45) is -1.73. The number of rotatable bonds is 9. The number of hydrogen-bond acceptors (Lipinski definition) is 6. The molecule has 0 aliphatic carbocycles. The highest BCUT2D eigenvalue weighted by Crippen LogP contribution is 2.34. The third-order valence-corrected chi connectivity index (χ3v) is 4.28. The van der Waals surface area contributed by atoms with Crippen LogP contribution in [0.2, 0.25) is 0 Å². The van der Waals surface area contributed by atoms with Gasteiger partial charge < -0.3 is 29.2 Å². The van der Waals surface area contributed by atoms with Gasteiger partial charge in [0.2, 0.25) is 0 Å². The summed E-state index contributed by atoms with van der Waals surface area (Å²) in [7, 11) is 0. The first-order valence-electron chi connectivity index (χ1n) is 9.26. The highest BCUT2D eigenvalue weighted by molar-refractivity contribution is 5.70. The van der Waals surface area contributed by atoms with E-state index in [1.165, 1.54) is 0 Å². The van der Waals surface area contributed by atoms with Crippen LogP contribution in [0, 0.1) is 27.7 Å². The summed E-state index contributed by atoms with van der Waals surface area (Å²) in [6.45, 7) is 11.0. The summed E-state index contributed by atoms with van der Waals surface area (Å²) in [5, 5.41) is 18.4. The van der Waals surface area contributed by atoms with Crippen molar-refractivity contribution in [3.8, 4) is 22.6 Å². The fraction of sp³-hybridized carbons (Fsp3) is 0.455. The Bertz CT molecular complexity index is 684. The van der Waals surface area contributed by atoms with Crippen molar-refractivity contribution in [3.05, 3.63) is 46.5 Å². The molecule has 0 aromatic heterocycles. The molecule has 2 N–H and O–H groups in total. The van der Waals surface area contributed by atoms with Gasteiger partial charge in [0.05, 0.1) is 0 Å². The summed E-state index contributed by atoms with van der Waals surface area (Å²) in [5.41, 5.74) is 6.12. The molecule has 0 bridgehead atoms. The molecule has 0 saturated heterocycles. The first-order chi connectivity index (χ1) is 13.2. The second-order valence-corrected chi connectivity index (χ2v) is 6.93. The molecule has 154 valence electrons. The minimum atomic E-state index is -0.863. The van der Waals surface area contributed by atoms with E-state index in [2.05, 4.69) is 24.3 Å².